The molecule has 2 aliphatic heterocycles. The third-order valence-electron chi connectivity index (χ3n) is 4.78. The van der Waals surface area contributed by atoms with Gasteiger partial charge in [0.25, 0.3) is 5.91 Å². The Kier molecular flexibility index (Phi) is 6.92. The van der Waals surface area contributed by atoms with Crippen LogP contribution in [0.5, 0.6) is 0 Å². The van der Waals surface area contributed by atoms with Crippen molar-refractivity contribution in [3.63, 3.8) is 0 Å². The number of carbonyl (C=O) groups excluding carboxylic acids is 2. The smallest absolute Gasteiger partial charge is 0.266 e. The number of benzene rings is 1. The minimum atomic E-state index is -0.0874. The Morgan fingerprint density at radius 1 is 1.30 bits per heavy atom. The van der Waals surface area contributed by atoms with Crippen LogP contribution in [0.3, 0.4) is 0 Å². The molecule has 2 amide bonds. The maximum Gasteiger partial charge on any atom is 0.266 e. The van der Waals surface area contributed by atoms with Crippen LogP contribution in [0.2, 0.25) is 5.02 Å². The van der Waals surface area contributed by atoms with E-state index in [0.29, 0.717) is 33.6 Å². The molecule has 2 saturated heterocycles. The van der Waals surface area contributed by atoms with Crippen LogP contribution in [0.25, 0.3) is 6.08 Å². The van der Waals surface area contributed by atoms with Gasteiger partial charge in [0.2, 0.25) is 5.91 Å². The summed E-state index contributed by atoms with van der Waals surface area (Å²) in [6, 6.07) is 7.32. The molecule has 0 aliphatic carbocycles. The number of thiocarbonyl (C=S) groups is 1. The fourth-order valence-electron chi connectivity index (χ4n) is 3.09. The number of piperazine rings is 1. The van der Waals surface area contributed by atoms with Crippen LogP contribution in [0, 0.1) is 0 Å². The Hall–Kier alpha value is -1.41. The summed E-state index contributed by atoms with van der Waals surface area (Å²) < 4.78 is 0.552. The van der Waals surface area contributed by atoms with Crippen LogP contribution < -0.4 is 4.90 Å². The van der Waals surface area contributed by atoms with E-state index in [1.54, 1.807) is 17.0 Å². The number of rotatable bonds is 5. The second-order valence-corrected chi connectivity index (χ2v) is 8.94. The van der Waals surface area contributed by atoms with Crippen molar-refractivity contribution in [2.75, 3.05) is 39.8 Å². The molecule has 3 rings (SSSR count). The number of carbonyl (C=O) groups is 2. The molecule has 0 radical (unpaired) electrons. The Bertz CT molecular complexity index is 759. The average Bonchev–Trinajstić information content (AvgIpc) is 2.91. The van der Waals surface area contributed by atoms with Crippen LogP contribution >= 0.6 is 35.6 Å². The lowest BCUT2D eigenvalue weighted by Crippen LogP contribution is -3.12. The highest BCUT2D eigenvalue weighted by Gasteiger charge is 2.32. The number of halogens is 1. The van der Waals surface area contributed by atoms with Gasteiger partial charge in [0, 0.05) is 18.0 Å². The standard InChI is InChI=1S/C19H22ClN3O2S2/c1-21-9-11-22(12-10-21)17(24)3-2-8-23-18(25)16(27-19(23)26)13-14-4-6-15(20)7-5-14/h4-7,13H,2-3,8-12H2,1H3/p+1/b16-13-. The predicted octanol–water partition coefficient (Wildman–Crippen LogP) is 1.68. The lowest BCUT2D eigenvalue weighted by Gasteiger charge is -2.30. The van der Waals surface area contributed by atoms with Gasteiger partial charge in [-0.1, -0.05) is 47.7 Å². The first-order chi connectivity index (χ1) is 12.9. The molecular weight excluding hydrogens is 402 g/mol. The molecule has 0 bridgehead atoms. The van der Waals surface area contributed by atoms with Crippen LogP contribution in [0.1, 0.15) is 18.4 Å². The third-order valence-corrected chi connectivity index (χ3v) is 6.41. The van der Waals surface area contributed by atoms with Crippen molar-refractivity contribution in [3.05, 3.63) is 39.8 Å². The molecule has 1 aromatic rings. The molecule has 8 heteroatoms. The van der Waals surface area contributed by atoms with Gasteiger partial charge in [0.05, 0.1) is 38.1 Å². The summed E-state index contributed by atoms with van der Waals surface area (Å²) in [7, 11) is 2.15. The molecular formula is C19H23ClN3O2S2+. The second-order valence-electron chi connectivity index (χ2n) is 6.83. The highest BCUT2D eigenvalue weighted by atomic mass is 35.5. The summed E-state index contributed by atoms with van der Waals surface area (Å²) in [5.74, 6) is 0.0836. The Labute approximate surface area is 174 Å². The van der Waals surface area contributed by atoms with Crippen molar-refractivity contribution in [3.8, 4) is 0 Å². The maximum atomic E-state index is 12.6. The highest BCUT2D eigenvalue weighted by molar-refractivity contribution is 8.26. The summed E-state index contributed by atoms with van der Waals surface area (Å²) in [4.78, 5) is 30.6. The normalized spacial score (nSPS) is 20.0. The van der Waals surface area contributed by atoms with Crippen LogP contribution in [-0.4, -0.2) is 65.7 Å². The van der Waals surface area contributed by atoms with E-state index in [1.807, 2.05) is 23.1 Å². The zero-order valence-electron chi connectivity index (χ0n) is 15.2. The fraction of sp³-hybridized carbons (Fsp3) is 0.421. The van der Waals surface area contributed by atoms with Crippen LogP contribution in [0.4, 0.5) is 0 Å². The van der Waals surface area contributed by atoms with Crippen LogP contribution in [0.15, 0.2) is 29.2 Å². The minimum absolute atomic E-state index is 0.0874. The van der Waals surface area contributed by atoms with Crippen LogP contribution in [-0.2, 0) is 9.59 Å². The molecule has 0 saturated carbocycles. The molecule has 0 atom stereocenters. The van der Waals surface area contributed by atoms with Gasteiger partial charge in [-0.05, 0) is 30.2 Å². The van der Waals surface area contributed by atoms with Gasteiger partial charge in [-0.2, -0.15) is 0 Å². The lowest BCUT2D eigenvalue weighted by molar-refractivity contribution is -0.883. The van der Waals surface area contributed by atoms with E-state index in [2.05, 4.69) is 7.05 Å². The monoisotopic (exact) mass is 424 g/mol. The molecule has 1 N–H and O–H groups in total. The summed E-state index contributed by atoms with van der Waals surface area (Å²) in [6.45, 7) is 4.10. The number of hydrogen-bond acceptors (Lipinski definition) is 4. The Morgan fingerprint density at radius 2 is 1.96 bits per heavy atom. The van der Waals surface area contributed by atoms with E-state index in [0.717, 1.165) is 31.7 Å². The van der Waals surface area contributed by atoms with E-state index >= 15 is 0 Å². The van der Waals surface area contributed by atoms with Gasteiger partial charge in [-0.25, -0.2) is 0 Å². The largest absolute Gasteiger partial charge is 0.334 e. The Morgan fingerprint density at radius 3 is 2.63 bits per heavy atom. The molecule has 1 aromatic carbocycles. The van der Waals surface area contributed by atoms with E-state index in [9.17, 15) is 9.59 Å². The summed E-state index contributed by atoms with van der Waals surface area (Å²) in [5.41, 5.74) is 0.910. The van der Waals surface area contributed by atoms with Gasteiger partial charge >= 0.3 is 0 Å². The van der Waals surface area contributed by atoms with Crippen molar-refractivity contribution in [2.24, 2.45) is 0 Å². The molecule has 2 heterocycles. The predicted molar refractivity (Wildman–Crippen MR) is 114 cm³/mol. The van der Waals surface area contributed by atoms with E-state index in [1.165, 1.54) is 16.7 Å². The lowest BCUT2D eigenvalue weighted by atomic mass is 10.2. The SMILES string of the molecule is C[NH+]1CCN(C(=O)CCCN2C(=O)/C(=C/c3ccc(Cl)cc3)SC2=S)CC1. The first kappa shape index (κ1) is 20.3. The third kappa shape index (κ3) is 5.31. The Balaban J connectivity index is 1.52. The van der Waals surface area contributed by atoms with Crippen molar-refractivity contribution >= 4 is 57.8 Å². The van der Waals surface area contributed by atoms with E-state index in [-0.39, 0.29) is 11.8 Å². The molecule has 0 aromatic heterocycles. The van der Waals surface area contributed by atoms with Gasteiger partial charge in [-0.3, -0.25) is 14.5 Å². The first-order valence-electron chi connectivity index (χ1n) is 9.04. The quantitative estimate of drug-likeness (QED) is 0.577. The van der Waals surface area contributed by atoms with Gasteiger partial charge in [0.15, 0.2) is 0 Å². The number of amides is 2. The molecule has 27 heavy (non-hydrogen) atoms. The highest BCUT2D eigenvalue weighted by Crippen LogP contribution is 2.32. The van der Waals surface area contributed by atoms with E-state index < -0.39 is 0 Å². The van der Waals surface area contributed by atoms with Gasteiger partial charge in [-0.15, -0.1) is 0 Å². The zero-order valence-corrected chi connectivity index (χ0v) is 17.6. The number of hydrogen-bond donors (Lipinski definition) is 1. The molecule has 2 aliphatic rings. The second kappa shape index (κ2) is 9.19. The van der Waals surface area contributed by atoms with Crippen molar-refractivity contribution < 1.29 is 14.5 Å². The molecule has 2 fully saturated rings. The summed E-state index contributed by atoms with van der Waals surface area (Å²) in [5, 5.41) is 0.658. The number of nitrogens with one attached hydrogen (secondary N) is 1. The number of thioether (sulfide) groups is 1. The molecule has 144 valence electrons. The van der Waals surface area contributed by atoms with E-state index in [4.69, 9.17) is 23.8 Å². The summed E-state index contributed by atoms with van der Waals surface area (Å²) >= 11 is 12.6. The van der Waals surface area contributed by atoms with Gasteiger partial charge in [0.1, 0.15) is 4.32 Å². The van der Waals surface area contributed by atoms with Crippen molar-refractivity contribution in [1.29, 1.82) is 0 Å². The number of nitrogens with zero attached hydrogens (tertiary/aromatic N) is 2. The zero-order chi connectivity index (χ0) is 19.4. The fourth-order valence-corrected chi connectivity index (χ4v) is 4.52. The maximum absolute atomic E-state index is 12.6. The number of quaternary nitrogens is 1. The summed E-state index contributed by atoms with van der Waals surface area (Å²) in [6.07, 6.45) is 2.90. The first-order valence-corrected chi connectivity index (χ1v) is 10.6. The average molecular weight is 425 g/mol. The molecule has 0 unspecified atom stereocenters. The minimum Gasteiger partial charge on any atom is -0.334 e. The van der Waals surface area contributed by atoms with Crippen molar-refractivity contribution in [1.82, 2.24) is 9.80 Å². The number of likely N-dealkylation sites (N-methyl/N-ethyl adjacent to an activating group) is 1. The topological polar surface area (TPSA) is 45.1 Å². The molecule has 0 spiro atoms. The van der Waals surface area contributed by atoms with Crippen molar-refractivity contribution in [2.45, 2.75) is 12.8 Å². The van der Waals surface area contributed by atoms with Gasteiger partial charge < -0.3 is 9.80 Å². The molecule has 5 nitrogen and oxygen atoms in total.